The van der Waals surface area contributed by atoms with Gasteiger partial charge in [0, 0.05) is 19.3 Å². The summed E-state index contributed by atoms with van der Waals surface area (Å²) in [6, 6.07) is 10.7. The first-order chi connectivity index (χ1) is 12.7. The average Bonchev–Trinajstić information content (AvgIpc) is 3.24. The number of esters is 1. The van der Waals surface area contributed by atoms with Gasteiger partial charge in [0.05, 0.1) is 7.11 Å². The molecule has 3 rings (SSSR count). The molecular weight excluding hydrogens is 326 g/mol. The Labute approximate surface area is 154 Å². The van der Waals surface area contributed by atoms with Gasteiger partial charge in [-0.15, -0.1) is 0 Å². The molecule has 0 radical (unpaired) electrons. The third-order valence-corrected chi connectivity index (χ3v) is 5.32. The standard InChI is InChI=1S/C21H25N3O2/c1-4-19(20(25)26-3)23-21(22-5-2)24-13-17-11-16(12-18(17)14-24)15-9-7-6-8-10-15/h4-10,16-18H,1-2,11-14H2,3H3. The average molecular weight is 351 g/mol. The second kappa shape index (κ2) is 8.13. The molecule has 0 aromatic heterocycles. The number of benzene rings is 1. The molecule has 0 N–H and O–H groups in total. The maximum Gasteiger partial charge on any atom is 0.356 e. The summed E-state index contributed by atoms with van der Waals surface area (Å²) in [7, 11) is 1.33. The number of guanidine groups is 1. The lowest BCUT2D eigenvalue weighted by Crippen LogP contribution is -2.30. The van der Waals surface area contributed by atoms with Gasteiger partial charge in [0.15, 0.2) is 5.71 Å². The molecule has 1 saturated heterocycles. The van der Waals surface area contributed by atoms with Crippen molar-refractivity contribution in [2.24, 2.45) is 21.8 Å². The van der Waals surface area contributed by atoms with Crippen molar-refractivity contribution < 1.29 is 9.53 Å². The number of carbonyl (C=O) groups is 1. The zero-order valence-electron chi connectivity index (χ0n) is 15.2. The second-order valence-electron chi connectivity index (χ2n) is 6.81. The molecule has 26 heavy (non-hydrogen) atoms. The molecule has 0 amide bonds. The van der Waals surface area contributed by atoms with Crippen molar-refractivity contribution in [2.75, 3.05) is 20.2 Å². The van der Waals surface area contributed by atoms with Gasteiger partial charge in [-0.05, 0) is 42.2 Å². The molecule has 1 aromatic rings. The van der Waals surface area contributed by atoms with E-state index in [1.165, 1.54) is 37.8 Å². The van der Waals surface area contributed by atoms with Crippen LogP contribution in [0.5, 0.6) is 0 Å². The van der Waals surface area contributed by atoms with Crippen LogP contribution in [-0.4, -0.2) is 42.7 Å². The maximum atomic E-state index is 11.8. The third kappa shape index (κ3) is 3.77. The van der Waals surface area contributed by atoms with Crippen molar-refractivity contribution in [3.05, 3.63) is 61.3 Å². The lowest BCUT2D eigenvalue weighted by Gasteiger charge is -2.20. The topological polar surface area (TPSA) is 54.3 Å². The van der Waals surface area contributed by atoms with E-state index in [0.29, 0.717) is 23.7 Å². The highest BCUT2D eigenvalue weighted by Gasteiger charge is 2.42. The van der Waals surface area contributed by atoms with Gasteiger partial charge in [-0.1, -0.05) is 43.5 Å². The molecule has 0 spiro atoms. The van der Waals surface area contributed by atoms with E-state index in [1.807, 2.05) is 0 Å². The van der Waals surface area contributed by atoms with Crippen LogP contribution in [0.3, 0.4) is 0 Å². The molecule has 136 valence electrons. The van der Waals surface area contributed by atoms with Crippen molar-refractivity contribution in [1.82, 2.24) is 4.90 Å². The normalized spacial score (nSPS) is 25.7. The lowest BCUT2D eigenvalue weighted by molar-refractivity contribution is -0.132. The fourth-order valence-electron chi connectivity index (χ4n) is 4.11. The fourth-order valence-corrected chi connectivity index (χ4v) is 4.11. The van der Waals surface area contributed by atoms with E-state index in [-0.39, 0.29) is 5.71 Å². The summed E-state index contributed by atoms with van der Waals surface area (Å²) in [5.41, 5.74) is 1.60. The van der Waals surface area contributed by atoms with Crippen LogP contribution in [0.1, 0.15) is 24.3 Å². The van der Waals surface area contributed by atoms with Crippen LogP contribution in [0.15, 0.2) is 65.8 Å². The van der Waals surface area contributed by atoms with Gasteiger partial charge in [-0.3, -0.25) is 0 Å². The summed E-state index contributed by atoms with van der Waals surface area (Å²) in [6.45, 7) is 9.11. The summed E-state index contributed by atoms with van der Waals surface area (Å²) >= 11 is 0. The Morgan fingerprint density at radius 1 is 1.19 bits per heavy atom. The number of fused-ring (bicyclic) bond motifs is 1. The number of nitrogens with zero attached hydrogens (tertiary/aromatic N) is 3. The van der Waals surface area contributed by atoms with Crippen LogP contribution in [0.4, 0.5) is 0 Å². The van der Waals surface area contributed by atoms with Crippen LogP contribution >= 0.6 is 0 Å². The van der Waals surface area contributed by atoms with Crippen LogP contribution in [0, 0.1) is 11.8 Å². The van der Waals surface area contributed by atoms with E-state index in [1.54, 1.807) is 0 Å². The summed E-state index contributed by atoms with van der Waals surface area (Å²) in [6.07, 6.45) is 5.22. The third-order valence-electron chi connectivity index (χ3n) is 5.32. The molecular formula is C21H25N3O2. The summed E-state index contributed by atoms with van der Waals surface area (Å²) in [4.78, 5) is 22.6. The predicted molar refractivity (Wildman–Crippen MR) is 104 cm³/mol. The van der Waals surface area contributed by atoms with E-state index >= 15 is 0 Å². The zero-order valence-corrected chi connectivity index (χ0v) is 15.2. The van der Waals surface area contributed by atoms with Crippen molar-refractivity contribution >= 4 is 17.6 Å². The van der Waals surface area contributed by atoms with Gasteiger partial charge in [0.2, 0.25) is 5.96 Å². The first kappa shape index (κ1) is 18.1. The Bertz CT molecular complexity index is 725. The molecule has 2 fully saturated rings. The van der Waals surface area contributed by atoms with E-state index < -0.39 is 5.97 Å². The molecule has 1 saturated carbocycles. The molecule has 1 aromatic carbocycles. The Kier molecular flexibility index (Phi) is 5.66. The highest BCUT2D eigenvalue weighted by atomic mass is 16.5. The molecule has 1 aliphatic heterocycles. The molecule has 1 aliphatic carbocycles. The Hall–Kier alpha value is -2.69. The van der Waals surface area contributed by atoms with E-state index in [4.69, 9.17) is 4.74 Å². The van der Waals surface area contributed by atoms with Crippen LogP contribution < -0.4 is 0 Å². The van der Waals surface area contributed by atoms with E-state index in [0.717, 1.165) is 13.1 Å². The number of likely N-dealkylation sites (tertiary alicyclic amines) is 1. The number of ether oxygens (including phenoxy) is 1. The van der Waals surface area contributed by atoms with Crippen LogP contribution in [0.2, 0.25) is 0 Å². The number of rotatable bonds is 4. The van der Waals surface area contributed by atoms with Crippen molar-refractivity contribution in [3.8, 4) is 0 Å². The molecule has 0 bridgehead atoms. The SMILES string of the molecule is C=CN=C(N=C(C=C)C(=O)OC)N1CC2CC(c3ccccc3)CC2C1. The molecule has 1 heterocycles. The Morgan fingerprint density at radius 3 is 2.38 bits per heavy atom. The van der Waals surface area contributed by atoms with Crippen molar-refractivity contribution in [1.29, 1.82) is 0 Å². The summed E-state index contributed by atoms with van der Waals surface area (Å²) in [5.74, 6) is 1.87. The molecule has 2 aliphatic rings. The monoisotopic (exact) mass is 351 g/mol. The van der Waals surface area contributed by atoms with Gasteiger partial charge in [0.1, 0.15) is 0 Å². The number of hydrogen-bond acceptors (Lipinski definition) is 3. The highest BCUT2D eigenvalue weighted by molar-refractivity contribution is 6.42. The number of hydrogen-bond donors (Lipinski definition) is 0. The number of carbonyl (C=O) groups excluding carboxylic acids is 1. The second-order valence-corrected chi connectivity index (χ2v) is 6.81. The molecule has 2 atom stereocenters. The largest absolute Gasteiger partial charge is 0.464 e. The van der Waals surface area contributed by atoms with Crippen LogP contribution in [0.25, 0.3) is 0 Å². The summed E-state index contributed by atoms with van der Waals surface area (Å²) < 4.78 is 4.74. The van der Waals surface area contributed by atoms with Crippen LogP contribution in [-0.2, 0) is 9.53 Å². The molecule has 2 unspecified atom stereocenters. The maximum absolute atomic E-state index is 11.8. The first-order valence-electron chi connectivity index (χ1n) is 8.94. The number of aliphatic imine (C=N–C) groups is 2. The van der Waals surface area contributed by atoms with Gasteiger partial charge in [-0.2, -0.15) is 0 Å². The quantitative estimate of drug-likeness (QED) is 0.474. The van der Waals surface area contributed by atoms with Crippen molar-refractivity contribution in [2.45, 2.75) is 18.8 Å². The minimum Gasteiger partial charge on any atom is -0.464 e. The Morgan fingerprint density at radius 2 is 1.85 bits per heavy atom. The van der Waals surface area contributed by atoms with Gasteiger partial charge >= 0.3 is 5.97 Å². The predicted octanol–water partition coefficient (Wildman–Crippen LogP) is 3.41. The van der Waals surface area contributed by atoms with Gasteiger partial charge < -0.3 is 9.64 Å². The minimum atomic E-state index is -0.514. The first-order valence-corrected chi connectivity index (χ1v) is 8.94. The smallest absolute Gasteiger partial charge is 0.356 e. The van der Waals surface area contributed by atoms with E-state index in [9.17, 15) is 4.79 Å². The zero-order chi connectivity index (χ0) is 18.5. The molecule has 5 nitrogen and oxygen atoms in total. The van der Waals surface area contributed by atoms with Crippen molar-refractivity contribution in [3.63, 3.8) is 0 Å². The van der Waals surface area contributed by atoms with E-state index in [2.05, 4.69) is 58.4 Å². The van der Waals surface area contributed by atoms with Gasteiger partial charge in [-0.25, -0.2) is 14.8 Å². The highest BCUT2D eigenvalue weighted by Crippen LogP contribution is 2.46. The fraction of sp³-hybridized carbons (Fsp3) is 0.381. The van der Waals surface area contributed by atoms with Gasteiger partial charge in [0.25, 0.3) is 0 Å². The number of methoxy groups -OCH3 is 1. The Balaban J connectivity index is 1.71. The minimum absolute atomic E-state index is 0.160. The molecule has 5 heteroatoms. The lowest BCUT2D eigenvalue weighted by atomic mass is 9.96. The summed E-state index contributed by atoms with van der Waals surface area (Å²) in [5, 5.41) is 0.